The number of hydrogen-bond donors (Lipinski definition) is 0. The van der Waals surface area contributed by atoms with Crippen LogP contribution in [0.3, 0.4) is 0 Å². The Labute approximate surface area is 153 Å². The molecule has 0 atom stereocenters. The Morgan fingerprint density at radius 2 is 1.38 bits per heavy atom. The molecule has 0 N–H and O–H groups in total. The van der Waals surface area contributed by atoms with E-state index in [1.54, 1.807) is 6.07 Å². The lowest BCUT2D eigenvalue weighted by Crippen LogP contribution is -1.89. The Bertz CT molecular complexity index is 875. The predicted molar refractivity (Wildman–Crippen MR) is 105 cm³/mol. The average Bonchev–Trinajstić information content (AvgIpc) is 2.69. The minimum atomic E-state index is -0.227. The molecular formula is C24H22F2. The Kier molecular flexibility index (Phi) is 5.96. The fourth-order valence-corrected chi connectivity index (χ4v) is 3.03. The number of rotatable bonds is 6. The van der Waals surface area contributed by atoms with Crippen molar-refractivity contribution in [3.63, 3.8) is 0 Å². The summed E-state index contributed by atoms with van der Waals surface area (Å²) < 4.78 is 26.7. The van der Waals surface area contributed by atoms with Crippen LogP contribution < -0.4 is 0 Å². The summed E-state index contributed by atoms with van der Waals surface area (Å²) in [6.45, 7) is 2.12. The first-order valence-corrected chi connectivity index (χ1v) is 8.94. The van der Waals surface area contributed by atoms with Gasteiger partial charge in [0.25, 0.3) is 0 Å². The topological polar surface area (TPSA) is 0 Å². The Balaban J connectivity index is 1.80. The summed E-state index contributed by atoms with van der Waals surface area (Å²) in [4.78, 5) is 0. The standard InChI is InChI=1S/C24H22F2/c1-2-18-6-10-20(11-7-18)22-14-15-23(24(26)17-22)21-12-8-19(9-13-21)5-3-4-16-25/h4,6-17H,2-3,5H2,1H3/b16-4+. The highest BCUT2D eigenvalue weighted by molar-refractivity contribution is 5.71. The lowest BCUT2D eigenvalue weighted by Gasteiger charge is -2.08. The SMILES string of the molecule is CCc1ccc(-c2ccc(-c3ccc(CC/C=C/F)cc3)c(F)c2)cc1. The second-order valence-corrected chi connectivity index (χ2v) is 6.34. The molecule has 3 aromatic rings. The van der Waals surface area contributed by atoms with Gasteiger partial charge in [-0.1, -0.05) is 73.7 Å². The number of hydrogen-bond acceptors (Lipinski definition) is 0. The summed E-state index contributed by atoms with van der Waals surface area (Å²) in [5.41, 5.74) is 5.72. The minimum Gasteiger partial charge on any atom is -0.216 e. The summed E-state index contributed by atoms with van der Waals surface area (Å²) >= 11 is 0. The maximum absolute atomic E-state index is 14.7. The van der Waals surface area contributed by atoms with Crippen LogP contribution in [0.25, 0.3) is 22.3 Å². The van der Waals surface area contributed by atoms with Gasteiger partial charge in [-0.25, -0.2) is 8.78 Å². The summed E-state index contributed by atoms with van der Waals surface area (Å²) in [5, 5.41) is 0. The third kappa shape index (κ3) is 4.26. The molecule has 0 aromatic heterocycles. The van der Waals surface area contributed by atoms with E-state index in [1.807, 2.05) is 48.5 Å². The second kappa shape index (κ2) is 8.57. The van der Waals surface area contributed by atoms with Crippen molar-refractivity contribution >= 4 is 0 Å². The number of halogens is 2. The Hall–Kier alpha value is -2.74. The van der Waals surface area contributed by atoms with E-state index in [4.69, 9.17) is 0 Å². The largest absolute Gasteiger partial charge is 0.216 e. The quantitative estimate of drug-likeness (QED) is 0.444. The first kappa shape index (κ1) is 18.1. The van der Waals surface area contributed by atoms with E-state index >= 15 is 0 Å². The van der Waals surface area contributed by atoms with E-state index < -0.39 is 0 Å². The molecule has 0 aliphatic rings. The average molecular weight is 348 g/mol. The zero-order valence-electron chi connectivity index (χ0n) is 14.9. The molecule has 26 heavy (non-hydrogen) atoms. The molecule has 0 aliphatic heterocycles. The van der Waals surface area contributed by atoms with Gasteiger partial charge in [-0.2, -0.15) is 0 Å². The van der Waals surface area contributed by atoms with Crippen LogP contribution >= 0.6 is 0 Å². The van der Waals surface area contributed by atoms with Gasteiger partial charge in [0.05, 0.1) is 6.33 Å². The van der Waals surface area contributed by atoms with Crippen molar-refractivity contribution in [2.45, 2.75) is 26.2 Å². The minimum absolute atomic E-state index is 0.227. The lowest BCUT2D eigenvalue weighted by molar-refractivity contribution is 0.632. The van der Waals surface area contributed by atoms with E-state index in [9.17, 15) is 8.78 Å². The molecule has 0 nitrogen and oxygen atoms in total. The first-order valence-electron chi connectivity index (χ1n) is 8.94. The van der Waals surface area contributed by atoms with Gasteiger partial charge in [-0.3, -0.25) is 0 Å². The molecular weight excluding hydrogens is 326 g/mol. The fraction of sp³-hybridized carbons (Fsp3) is 0.167. The van der Waals surface area contributed by atoms with Crippen molar-refractivity contribution in [1.82, 2.24) is 0 Å². The van der Waals surface area contributed by atoms with Crippen LogP contribution in [0, 0.1) is 5.82 Å². The van der Waals surface area contributed by atoms with Crippen LogP contribution in [0.15, 0.2) is 79.1 Å². The van der Waals surface area contributed by atoms with Gasteiger partial charge in [-0.05, 0) is 53.1 Å². The third-order valence-corrected chi connectivity index (χ3v) is 4.62. The fourth-order valence-electron chi connectivity index (χ4n) is 3.03. The van der Waals surface area contributed by atoms with Crippen LogP contribution in [-0.4, -0.2) is 0 Å². The summed E-state index contributed by atoms with van der Waals surface area (Å²) in [5.74, 6) is -0.227. The molecule has 132 valence electrons. The van der Waals surface area contributed by atoms with Gasteiger partial charge in [0.1, 0.15) is 5.82 Å². The maximum Gasteiger partial charge on any atom is 0.131 e. The van der Waals surface area contributed by atoms with E-state index in [-0.39, 0.29) is 5.82 Å². The Morgan fingerprint density at radius 3 is 2.00 bits per heavy atom. The molecule has 0 heterocycles. The smallest absolute Gasteiger partial charge is 0.131 e. The van der Waals surface area contributed by atoms with Gasteiger partial charge in [-0.15, -0.1) is 0 Å². The maximum atomic E-state index is 14.7. The van der Waals surface area contributed by atoms with Crippen molar-refractivity contribution in [3.8, 4) is 22.3 Å². The highest BCUT2D eigenvalue weighted by Crippen LogP contribution is 2.28. The highest BCUT2D eigenvalue weighted by atomic mass is 19.1. The van der Waals surface area contributed by atoms with Crippen LogP contribution in [0.4, 0.5) is 8.78 Å². The van der Waals surface area contributed by atoms with Crippen molar-refractivity contribution in [1.29, 1.82) is 0 Å². The molecule has 3 rings (SSSR count). The van der Waals surface area contributed by atoms with Crippen molar-refractivity contribution in [2.75, 3.05) is 0 Å². The summed E-state index contributed by atoms with van der Waals surface area (Å²) in [6.07, 6.45) is 4.50. The van der Waals surface area contributed by atoms with Crippen LogP contribution in [0.2, 0.25) is 0 Å². The molecule has 0 spiro atoms. The molecule has 3 aromatic carbocycles. The van der Waals surface area contributed by atoms with E-state index in [1.165, 1.54) is 11.6 Å². The molecule has 0 saturated carbocycles. The molecule has 0 amide bonds. The van der Waals surface area contributed by atoms with Gasteiger partial charge < -0.3 is 0 Å². The lowest BCUT2D eigenvalue weighted by atomic mass is 9.97. The van der Waals surface area contributed by atoms with Crippen LogP contribution in [0.5, 0.6) is 0 Å². The van der Waals surface area contributed by atoms with Gasteiger partial charge in [0.2, 0.25) is 0 Å². The zero-order chi connectivity index (χ0) is 18.4. The molecule has 0 bridgehead atoms. The van der Waals surface area contributed by atoms with Gasteiger partial charge in [0, 0.05) is 5.56 Å². The van der Waals surface area contributed by atoms with Crippen molar-refractivity contribution < 1.29 is 8.78 Å². The van der Waals surface area contributed by atoms with Crippen LogP contribution in [0.1, 0.15) is 24.5 Å². The molecule has 0 unspecified atom stereocenters. The van der Waals surface area contributed by atoms with E-state index in [0.717, 1.165) is 35.1 Å². The van der Waals surface area contributed by atoms with E-state index in [2.05, 4.69) is 19.1 Å². The van der Waals surface area contributed by atoms with E-state index in [0.29, 0.717) is 18.3 Å². The van der Waals surface area contributed by atoms with Crippen molar-refractivity contribution in [2.24, 2.45) is 0 Å². The third-order valence-electron chi connectivity index (χ3n) is 4.62. The summed E-state index contributed by atoms with van der Waals surface area (Å²) in [6, 6.07) is 21.4. The van der Waals surface area contributed by atoms with Gasteiger partial charge >= 0.3 is 0 Å². The molecule has 0 saturated heterocycles. The highest BCUT2D eigenvalue weighted by Gasteiger charge is 2.08. The second-order valence-electron chi connectivity index (χ2n) is 6.34. The predicted octanol–water partition coefficient (Wildman–Crippen LogP) is 7.14. The first-order chi connectivity index (χ1) is 12.7. The molecule has 0 fully saturated rings. The number of allylic oxidation sites excluding steroid dienone is 1. The molecule has 0 aliphatic carbocycles. The Morgan fingerprint density at radius 1 is 0.769 bits per heavy atom. The zero-order valence-corrected chi connectivity index (χ0v) is 14.9. The summed E-state index contributed by atoms with van der Waals surface area (Å²) in [7, 11) is 0. The van der Waals surface area contributed by atoms with Crippen LogP contribution in [-0.2, 0) is 12.8 Å². The molecule has 0 radical (unpaired) electrons. The normalized spacial score (nSPS) is 11.2. The molecule has 2 heteroatoms. The van der Waals surface area contributed by atoms with Gasteiger partial charge in [0.15, 0.2) is 0 Å². The van der Waals surface area contributed by atoms with Crippen molar-refractivity contribution in [3.05, 3.63) is 96.1 Å². The number of aryl methyl sites for hydroxylation is 2. The monoisotopic (exact) mass is 348 g/mol. The number of benzene rings is 3.